The molecule has 3 aromatic rings. The maximum atomic E-state index is 11.9. The number of carbonyl (C=O) groups is 2. The molecule has 1 aromatic heterocycles. The van der Waals surface area contributed by atoms with Crippen molar-refractivity contribution in [2.24, 2.45) is 4.99 Å². The van der Waals surface area contributed by atoms with Crippen LogP contribution >= 0.6 is 0 Å². The number of nitrogens with zero attached hydrogens (tertiary/aromatic N) is 1. The van der Waals surface area contributed by atoms with E-state index in [9.17, 15) is 9.59 Å². The molecule has 0 fully saturated rings. The molecule has 0 saturated heterocycles. The quantitative estimate of drug-likeness (QED) is 0.399. The van der Waals surface area contributed by atoms with Gasteiger partial charge in [0.15, 0.2) is 11.5 Å². The van der Waals surface area contributed by atoms with Gasteiger partial charge in [0.2, 0.25) is 5.76 Å². The van der Waals surface area contributed by atoms with E-state index in [4.69, 9.17) is 23.7 Å². The third-order valence-corrected chi connectivity index (χ3v) is 4.15. The Morgan fingerprint density at radius 3 is 2.65 bits per heavy atom. The molecule has 8 nitrogen and oxygen atoms in total. The number of carboxylic acid groups (broad SMARTS) is 1. The van der Waals surface area contributed by atoms with E-state index in [1.807, 2.05) is 0 Å². The highest BCUT2D eigenvalue weighted by Crippen LogP contribution is 2.29. The highest BCUT2D eigenvalue weighted by atomic mass is 16.5. The van der Waals surface area contributed by atoms with Gasteiger partial charge in [-0.3, -0.25) is 4.99 Å². The lowest BCUT2D eigenvalue weighted by molar-refractivity contribution is 0.0525. The molecule has 0 unspecified atom stereocenters. The largest absolute Gasteiger partial charge is 0.493 e. The van der Waals surface area contributed by atoms with Crippen LogP contribution in [0.1, 0.15) is 39.2 Å². The molecule has 0 saturated carbocycles. The second-order valence-electron chi connectivity index (χ2n) is 6.30. The number of hydrogen-bond acceptors (Lipinski definition) is 7. The monoisotopic (exact) mass is 423 g/mol. The average Bonchev–Trinajstić information content (AvgIpc) is 3.26. The summed E-state index contributed by atoms with van der Waals surface area (Å²) in [4.78, 5) is 27.1. The molecule has 0 amide bonds. The Kier molecular flexibility index (Phi) is 7.05. The Bertz CT molecular complexity index is 1100. The van der Waals surface area contributed by atoms with Crippen LogP contribution in [-0.4, -0.2) is 37.0 Å². The molecule has 0 atom stereocenters. The summed E-state index contributed by atoms with van der Waals surface area (Å²) in [7, 11) is 1.52. The number of benzene rings is 2. The van der Waals surface area contributed by atoms with Gasteiger partial charge in [0, 0.05) is 6.21 Å². The fraction of sp³-hybridized carbons (Fsp3) is 0.174. The van der Waals surface area contributed by atoms with E-state index in [2.05, 4.69) is 4.99 Å². The van der Waals surface area contributed by atoms with Crippen molar-refractivity contribution in [2.45, 2.75) is 13.5 Å². The molecule has 8 heteroatoms. The lowest BCUT2D eigenvalue weighted by Crippen LogP contribution is -2.03. The molecule has 31 heavy (non-hydrogen) atoms. The Hall–Kier alpha value is -4.07. The van der Waals surface area contributed by atoms with Gasteiger partial charge in [0.05, 0.1) is 25.0 Å². The summed E-state index contributed by atoms with van der Waals surface area (Å²) in [5.74, 6) is -0.350. The van der Waals surface area contributed by atoms with E-state index < -0.39 is 11.9 Å². The van der Waals surface area contributed by atoms with Gasteiger partial charge in [-0.25, -0.2) is 9.59 Å². The maximum absolute atomic E-state index is 11.9. The zero-order valence-electron chi connectivity index (χ0n) is 17.0. The summed E-state index contributed by atoms with van der Waals surface area (Å²) < 4.78 is 21.2. The van der Waals surface area contributed by atoms with Gasteiger partial charge in [-0.2, -0.15) is 0 Å². The zero-order valence-corrected chi connectivity index (χ0v) is 17.0. The molecule has 0 bridgehead atoms. The summed E-state index contributed by atoms with van der Waals surface area (Å²) in [6.07, 6.45) is 1.64. The van der Waals surface area contributed by atoms with Crippen LogP contribution in [0.4, 0.5) is 5.69 Å². The molecule has 1 N–H and O–H groups in total. The Morgan fingerprint density at radius 1 is 1.10 bits per heavy atom. The first-order chi connectivity index (χ1) is 15.0. The molecule has 0 aliphatic rings. The van der Waals surface area contributed by atoms with Crippen LogP contribution < -0.4 is 9.47 Å². The van der Waals surface area contributed by atoms with Crippen molar-refractivity contribution < 1.29 is 33.3 Å². The van der Waals surface area contributed by atoms with E-state index >= 15 is 0 Å². The van der Waals surface area contributed by atoms with Crippen molar-refractivity contribution in [2.75, 3.05) is 13.7 Å². The van der Waals surface area contributed by atoms with Crippen molar-refractivity contribution in [3.05, 3.63) is 77.2 Å². The minimum Gasteiger partial charge on any atom is -0.493 e. The lowest BCUT2D eigenvalue weighted by atomic mass is 10.2. The number of aromatic carboxylic acids is 1. The lowest BCUT2D eigenvalue weighted by Gasteiger charge is -2.10. The third-order valence-electron chi connectivity index (χ3n) is 4.15. The minimum atomic E-state index is -1.14. The molecular weight excluding hydrogens is 402 g/mol. The van der Waals surface area contributed by atoms with Crippen LogP contribution in [0.2, 0.25) is 0 Å². The number of esters is 1. The second-order valence-corrected chi connectivity index (χ2v) is 6.30. The van der Waals surface area contributed by atoms with Gasteiger partial charge in [0.1, 0.15) is 12.4 Å². The van der Waals surface area contributed by atoms with Crippen LogP contribution in [0.25, 0.3) is 0 Å². The minimum absolute atomic E-state index is 0.0533. The van der Waals surface area contributed by atoms with Gasteiger partial charge in [-0.1, -0.05) is 6.07 Å². The molecule has 0 radical (unpaired) electrons. The van der Waals surface area contributed by atoms with Crippen molar-refractivity contribution in [3.8, 4) is 11.5 Å². The van der Waals surface area contributed by atoms with Crippen molar-refractivity contribution in [1.82, 2.24) is 0 Å². The van der Waals surface area contributed by atoms with Crippen LogP contribution in [0.15, 0.2) is 64.0 Å². The van der Waals surface area contributed by atoms with Crippen molar-refractivity contribution >= 4 is 23.8 Å². The first-order valence-corrected chi connectivity index (χ1v) is 9.44. The Balaban J connectivity index is 1.70. The van der Waals surface area contributed by atoms with E-state index in [0.29, 0.717) is 35.1 Å². The number of aliphatic imine (C=N–C) groups is 1. The van der Waals surface area contributed by atoms with Gasteiger partial charge in [0.25, 0.3) is 0 Å². The predicted octanol–water partition coefficient (Wildman–Crippen LogP) is 4.49. The SMILES string of the molecule is CCOC(=O)c1cccc(N=Cc2ccc(OCc3ccc(C(=O)O)o3)c(OC)c2)c1. The number of furan rings is 1. The second kappa shape index (κ2) is 10.1. The number of carbonyl (C=O) groups excluding carboxylic acids is 1. The van der Waals surface area contributed by atoms with Gasteiger partial charge < -0.3 is 23.7 Å². The molecule has 0 aliphatic carbocycles. The number of hydrogen-bond donors (Lipinski definition) is 1. The maximum Gasteiger partial charge on any atom is 0.371 e. The molecule has 0 aliphatic heterocycles. The smallest absolute Gasteiger partial charge is 0.371 e. The Morgan fingerprint density at radius 2 is 1.94 bits per heavy atom. The first-order valence-electron chi connectivity index (χ1n) is 9.44. The number of methoxy groups -OCH3 is 1. The first kappa shape index (κ1) is 21.6. The summed E-state index contributed by atoms with van der Waals surface area (Å²) in [6, 6.07) is 15.0. The van der Waals surface area contributed by atoms with Gasteiger partial charge >= 0.3 is 11.9 Å². The van der Waals surface area contributed by atoms with E-state index in [1.165, 1.54) is 13.2 Å². The van der Waals surface area contributed by atoms with Crippen LogP contribution in [0.3, 0.4) is 0 Å². The van der Waals surface area contributed by atoms with Crippen molar-refractivity contribution in [3.63, 3.8) is 0 Å². The summed E-state index contributed by atoms with van der Waals surface area (Å²) in [5, 5.41) is 8.91. The summed E-state index contributed by atoms with van der Waals surface area (Å²) in [6.45, 7) is 2.11. The van der Waals surface area contributed by atoms with E-state index in [-0.39, 0.29) is 12.4 Å². The highest BCUT2D eigenvalue weighted by molar-refractivity contribution is 5.91. The van der Waals surface area contributed by atoms with Gasteiger partial charge in [-0.05, 0) is 61.0 Å². The molecule has 160 valence electrons. The van der Waals surface area contributed by atoms with Crippen molar-refractivity contribution in [1.29, 1.82) is 0 Å². The fourth-order valence-electron chi connectivity index (χ4n) is 2.68. The summed E-state index contributed by atoms with van der Waals surface area (Å²) >= 11 is 0. The summed E-state index contributed by atoms with van der Waals surface area (Å²) in [5.41, 5.74) is 1.80. The topological polar surface area (TPSA) is 108 Å². The standard InChI is InChI=1S/C23H21NO7/c1-3-29-23(27)16-5-4-6-17(12-16)24-13-15-7-9-19(21(11-15)28-2)30-14-18-8-10-20(31-18)22(25)26/h4-13H,3,14H2,1-2H3,(H,25,26). The van der Waals surface area contributed by atoms with Crippen LogP contribution in [0, 0.1) is 0 Å². The number of carboxylic acids is 1. The zero-order chi connectivity index (χ0) is 22.2. The third kappa shape index (κ3) is 5.72. The van der Waals surface area contributed by atoms with Gasteiger partial charge in [-0.15, -0.1) is 0 Å². The molecule has 1 heterocycles. The fourth-order valence-corrected chi connectivity index (χ4v) is 2.68. The Labute approximate surface area is 178 Å². The van der Waals surface area contributed by atoms with E-state index in [0.717, 1.165) is 5.56 Å². The number of ether oxygens (including phenoxy) is 3. The van der Waals surface area contributed by atoms with Crippen LogP contribution in [-0.2, 0) is 11.3 Å². The average molecular weight is 423 g/mol. The predicted molar refractivity (Wildman–Crippen MR) is 113 cm³/mol. The molecule has 2 aromatic carbocycles. The molecular formula is C23H21NO7. The number of rotatable bonds is 9. The normalized spacial score (nSPS) is 10.8. The highest BCUT2D eigenvalue weighted by Gasteiger charge is 2.11. The van der Waals surface area contributed by atoms with Crippen LogP contribution in [0.5, 0.6) is 11.5 Å². The molecule has 0 spiro atoms. The van der Waals surface area contributed by atoms with E-state index in [1.54, 1.807) is 61.7 Å². The molecule has 3 rings (SSSR count).